The zero-order chi connectivity index (χ0) is 29.9. The number of aromatic nitrogens is 3. The molecule has 3 heterocycles. The van der Waals surface area contributed by atoms with Crippen LogP contribution in [0.5, 0.6) is 0 Å². The Labute approximate surface area is 248 Å². The standard InChI is InChI=1S/C29H29ClN6O5S/c1-3-24(28(37)31-18-9-11-19(12-10-18)42(39,40)35-26-14-13-25(30)33-34-26)41-29(38)27-20-7-5-6-8-22(20)32-23-15-16-36(4-2)17-21(23)27/h5-14,24H,3-4,15-17H2,1-2H3,(H,31,37)(H,34,35). The molecular formula is C29H29ClN6O5S. The average molecular weight is 609 g/mol. The lowest BCUT2D eigenvalue weighted by Gasteiger charge is -2.29. The number of para-hydroxylation sites is 1. The Morgan fingerprint density at radius 2 is 1.81 bits per heavy atom. The molecule has 2 N–H and O–H groups in total. The Morgan fingerprint density at radius 3 is 2.50 bits per heavy atom. The van der Waals surface area contributed by atoms with Gasteiger partial charge < -0.3 is 10.1 Å². The van der Waals surface area contributed by atoms with Crippen LogP contribution in [0, 0.1) is 0 Å². The average Bonchev–Trinajstić information content (AvgIpc) is 2.99. The zero-order valence-electron chi connectivity index (χ0n) is 23.0. The highest BCUT2D eigenvalue weighted by Crippen LogP contribution is 2.29. The van der Waals surface area contributed by atoms with Crippen LogP contribution in [0.1, 0.15) is 41.9 Å². The molecule has 11 nitrogen and oxygen atoms in total. The van der Waals surface area contributed by atoms with Crippen LogP contribution < -0.4 is 10.0 Å². The van der Waals surface area contributed by atoms with Gasteiger partial charge in [-0.05, 0) is 55.4 Å². The number of fused-ring (bicyclic) bond motifs is 2. The third-order valence-corrected chi connectivity index (χ3v) is 8.56. The first-order valence-corrected chi connectivity index (χ1v) is 15.3. The summed E-state index contributed by atoms with van der Waals surface area (Å²) in [5, 5.41) is 10.8. The fourth-order valence-corrected chi connectivity index (χ4v) is 5.86. The SMILES string of the molecule is CCC(OC(=O)c1c2c(nc3ccccc13)CCN(CC)C2)C(=O)Nc1ccc(S(=O)(=O)Nc2ccc(Cl)nn2)cc1. The Bertz CT molecular complexity index is 1730. The number of amides is 1. The zero-order valence-corrected chi connectivity index (χ0v) is 24.6. The minimum absolute atomic E-state index is 0.00928. The minimum atomic E-state index is -3.96. The highest BCUT2D eigenvalue weighted by Gasteiger charge is 2.29. The van der Waals surface area contributed by atoms with Gasteiger partial charge in [-0.2, -0.15) is 0 Å². The van der Waals surface area contributed by atoms with Crippen LogP contribution in [0.4, 0.5) is 11.5 Å². The fourth-order valence-electron chi connectivity index (χ4n) is 4.77. The van der Waals surface area contributed by atoms with Crippen LogP contribution in [0.3, 0.4) is 0 Å². The second-order valence-corrected chi connectivity index (χ2v) is 11.8. The predicted octanol–water partition coefficient (Wildman–Crippen LogP) is 4.43. The smallest absolute Gasteiger partial charge is 0.340 e. The molecule has 5 rings (SSSR count). The van der Waals surface area contributed by atoms with E-state index in [9.17, 15) is 18.0 Å². The summed E-state index contributed by atoms with van der Waals surface area (Å²) in [6.07, 6.45) is -0.109. The topological polar surface area (TPSA) is 143 Å². The summed E-state index contributed by atoms with van der Waals surface area (Å²) in [7, 11) is -3.96. The number of rotatable bonds is 9. The Kier molecular flexibility index (Phi) is 8.66. The number of carbonyl (C=O) groups is 2. The number of pyridine rings is 1. The number of esters is 1. The van der Waals surface area contributed by atoms with Crippen LogP contribution in [-0.4, -0.2) is 59.6 Å². The highest BCUT2D eigenvalue weighted by molar-refractivity contribution is 7.92. The molecule has 42 heavy (non-hydrogen) atoms. The Hall–Kier alpha value is -4.13. The van der Waals surface area contributed by atoms with E-state index in [1.165, 1.54) is 36.4 Å². The summed E-state index contributed by atoms with van der Waals surface area (Å²) in [6.45, 7) is 6.09. The molecule has 0 saturated heterocycles. The first-order valence-electron chi connectivity index (χ1n) is 13.4. The number of sulfonamides is 1. The lowest BCUT2D eigenvalue weighted by Crippen LogP contribution is -2.35. The van der Waals surface area contributed by atoms with Gasteiger partial charge >= 0.3 is 5.97 Å². The first-order chi connectivity index (χ1) is 20.2. The van der Waals surface area contributed by atoms with Gasteiger partial charge in [-0.1, -0.05) is 43.6 Å². The van der Waals surface area contributed by atoms with Crippen LogP contribution >= 0.6 is 11.6 Å². The lowest BCUT2D eigenvalue weighted by atomic mass is 9.95. The lowest BCUT2D eigenvalue weighted by molar-refractivity contribution is -0.124. The van der Waals surface area contributed by atoms with E-state index in [0.29, 0.717) is 28.7 Å². The Balaban J connectivity index is 1.31. The van der Waals surface area contributed by atoms with Crippen LogP contribution in [-0.2, 0) is 32.5 Å². The molecule has 0 bridgehead atoms. The van der Waals surface area contributed by atoms with Gasteiger partial charge in [0.15, 0.2) is 17.1 Å². The number of halogens is 1. The number of ether oxygens (including phenoxy) is 1. The largest absolute Gasteiger partial charge is 0.449 e. The molecule has 0 spiro atoms. The molecule has 1 amide bonds. The van der Waals surface area contributed by atoms with Gasteiger partial charge in [0.25, 0.3) is 15.9 Å². The maximum atomic E-state index is 13.6. The molecule has 2 aromatic heterocycles. The Morgan fingerprint density at radius 1 is 1.05 bits per heavy atom. The maximum absolute atomic E-state index is 13.6. The summed E-state index contributed by atoms with van der Waals surface area (Å²) in [5.74, 6) is -1.10. The van der Waals surface area contributed by atoms with E-state index in [4.69, 9.17) is 21.3 Å². The normalized spacial score (nSPS) is 14.2. The van der Waals surface area contributed by atoms with Gasteiger partial charge in [0.05, 0.1) is 16.0 Å². The third-order valence-electron chi connectivity index (χ3n) is 6.99. The van der Waals surface area contributed by atoms with Crippen molar-refractivity contribution in [2.75, 3.05) is 23.1 Å². The minimum Gasteiger partial charge on any atom is -0.449 e. The fraction of sp³-hybridized carbons (Fsp3) is 0.276. The van der Waals surface area contributed by atoms with E-state index in [1.54, 1.807) is 6.92 Å². The summed E-state index contributed by atoms with van der Waals surface area (Å²) >= 11 is 5.70. The highest BCUT2D eigenvalue weighted by atomic mass is 35.5. The summed E-state index contributed by atoms with van der Waals surface area (Å²) in [6, 6.07) is 15.8. The van der Waals surface area contributed by atoms with Crippen molar-refractivity contribution in [1.29, 1.82) is 0 Å². The molecule has 1 unspecified atom stereocenters. The van der Waals surface area contributed by atoms with E-state index in [0.717, 1.165) is 30.8 Å². The molecule has 0 fully saturated rings. The molecule has 0 radical (unpaired) electrons. The van der Waals surface area contributed by atoms with E-state index in [2.05, 4.69) is 32.1 Å². The predicted molar refractivity (Wildman–Crippen MR) is 159 cm³/mol. The number of nitrogens with zero attached hydrogens (tertiary/aromatic N) is 4. The molecule has 1 atom stereocenters. The van der Waals surface area contributed by atoms with Gasteiger partial charge in [0.2, 0.25) is 0 Å². The maximum Gasteiger partial charge on any atom is 0.340 e. The summed E-state index contributed by atoms with van der Waals surface area (Å²) < 4.78 is 33.5. The van der Waals surface area contributed by atoms with Gasteiger partial charge in [-0.3, -0.25) is 19.4 Å². The number of benzene rings is 2. The monoisotopic (exact) mass is 608 g/mol. The summed E-state index contributed by atoms with van der Waals surface area (Å²) in [5.41, 5.74) is 3.18. The van der Waals surface area contributed by atoms with Crippen molar-refractivity contribution in [2.24, 2.45) is 0 Å². The van der Waals surface area contributed by atoms with E-state index in [-0.39, 0.29) is 22.3 Å². The van der Waals surface area contributed by atoms with Crippen LogP contribution in [0.15, 0.2) is 65.6 Å². The van der Waals surface area contributed by atoms with Crippen LogP contribution in [0.2, 0.25) is 5.15 Å². The third kappa shape index (κ3) is 6.35. The van der Waals surface area contributed by atoms with E-state index < -0.39 is 28.0 Å². The molecule has 1 aliphatic heterocycles. The van der Waals surface area contributed by atoms with Crippen molar-refractivity contribution in [3.05, 3.63) is 82.6 Å². The first kappa shape index (κ1) is 29.4. The number of carbonyl (C=O) groups excluding carboxylic acids is 2. The van der Waals surface area contributed by atoms with Gasteiger partial charge in [0, 0.05) is 41.8 Å². The van der Waals surface area contributed by atoms with E-state index in [1.807, 2.05) is 24.3 Å². The molecule has 2 aromatic carbocycles. The molecule has 4 aromatic rings. The number of likely N-dealkylation sites (N-methyl/N-ethyl adjacent to an activating group) is 1. The van der Waals surface area contributed by atoms with Crippen LogP contribution in [0.25, 0.3) is 10.9 Å². The number of anilines is 2. The van der Waals surface area contributed by atoms with Crippen molar-refractivity contribution >= 4 is 55.9 Å². The number of nitrogens with one attached hydrogen (secondary N) is 2. The second kappa shape index (κ2) is 12.4. The molecular weight excluding hydrogens is 580 g/mol. The van der Waals surface area contributed by atoms with E-state index >= 15 is 0 Å². The number of hydrogen-bond donors (Lipinski definition) is 2. The van der Waals surface area contributed by atoms with Gasteiger partial charge in [0.1, 0.15) is 0 Å². The summed E-state index contributed by atoms with van der Waals surface area (Å²) in [4.78, 5) is 33.8. The van der Waals surface area contributed by atoms with Gasteiger partial charge in [-0.15, -0.1) is 10.2 Å². The van der Waals surface area contributed by atoms with Crippen molar-refractivity contribution in [1.82, 2.24) is 20.1 Å². The molecule has 13 heteroatoms. The molecule has 1 aliphatic rings. The van der Waals surface area contributed by atoms with Crippen molar-refractivity contribution < 1.29 is 22.7 Å². The molecule has 0 saturated carbocycles. The van der Waals surface area contributed by atoms with Crippen molar-refractivity contribution in [3.8, 4) is 0 Å². The molecule has 218 valence electrons. The number of hydrogen-bond acceptors (Lipinski definition) is 9. The van der Waals surface area contributed by atoms with Crippen molar-refractivity contribution in [2.45, 2.75) is 44.2 Å². The second-order valence-electron chi connectivity index (χ2n) is 9.71. The molecule has 0 aliphatic carbocycles. The quantitative estimate of drug-likeness (QED) is 0.264. The van der Waals surface area contributed by atoms with Crippen molar-refractivity contribution in [3.63, 3.8) is 0 Å². The van der Waals surface area contributed by atoms with Gasteiger partial charge in [-0.25, -0.2) is 13.2 Å².